The first kappa shape index (κ1) is 21.6. The van der Waals surface area contributed by atoms with E-state index in [9.17, 15) is 0 Å². The summed E-state index contributed by atoms with van der Waals surface area (Å²) in [6, 6.07) is 0.217. The summed E-state index contributed by atoms with van der Waals surface area (Å²) in [7, 11) is 1.70. The number of thiazole rings is 1. The number of halogens is 1. The number of hydrogen-bond donors (Lipinski definition) is 2. The molecule has 1 aromatic heterocycles. The van der Waals surface area contributed by atoms with Crippen molar-refractivity contribution in [2.45, 2.75) is 52.6 Å². The lowest BCUT2D eigenvalue weighted by Gasteiger charge is -2.16. The van der Waals surface area contributed by atoms with Gasteiger partial charge in [0.15, 0.2) is 5.96 Å². The van der Waals surface area contributed by atoms with Gasteiger partial charge >= 0.3 is 0 Å². The number of hydrogen-bond acceptors (Lipinski definition) is 4. The first-order valence-electron chi connectivity index (χ1n) is 7.35. The third kappa shape index (κ3) is 7.73. The maximum atomic E-state index is 5.13. The zero-order chi connectivity index (χ0) is 15.9. The molecule has 0 saturated carbocycles. The van der Waals surface area contributed by atoms with Crippen molar-refractivity contribution in [3.63, 3.8) is 0 Å². The molecule has 0 aliphatic rings. The van der Waals surface area contributed by atoms with Crippen LogP contribution in [0, 0.1) is 0 Å². The van der Waals surface area contributed by atoms with Crippen LogP contribution in [-0.4, -0.2) is 37.2 Å². The Balaban J connectivity index is 0.00000441. The smallest absolute Gasteiger partial charge is 0.191 e. The highest BCUT2D eigenvalue weighted by molar-refractivity contribution is 14.0. The van der Waals surface area contributed by atoms with Gasteiger partial charge in [-0.3, -0.25) is 0 Å². The molecule has 7 heteroatoms. The number of rotatable bonds is 6. The third-order valence-corrected chi connectivity index (χ3v) is 3.67. The van der Waals surface area contributed by atoms with Crippen molar-refractivity contribution in [1.82, 2.24) is 15.6 Å². The Morgan fingerprint density at radius 3 is 2.64 bits per heavy atom. The van der Waals surface area contributed by atoms with E-state index in [2.05, 4.69) is 60.6 Å². The van der Waals surface area contributed by atoms with Gasteiger partial charge in [-0.1, -0.05) is 20.8 Å². The summed E-state index contributed by atoms with van der Waals surface area (Å²) >= 11 is 1.67. The Hall–Kier alpha value is -0.410. The van der Waals surface area contributed by atoms with E-state index in [1.165, 1.54) is 0 Å². The van der Waals surface area contributed by atoms with Crippen LogP contribution in [0.4, 0.5) is 0 Å². The molecule has 2 N–H and O–H groups in total. The third-order valence-electron chi connectivity index (χ3n) is 2.84. The number of methoxy groups -OCH3 is 1. The zero-order valence-electron chi connectivity index (χ0n) is 14.4. The molecule has 0 aromatic carbocycles. The summed E-state index contributed by atoms with van der Waals surface area (Å²) < 4.78 is 5.13. The highest BCUT2D eigenvalue weighted by Crippen LogP contribution is 2.24. The molecule has 128 valence electrons. The minimum absolute atomic E-state index is 0. The van der Waals surface area contributed by atoms with Gasteiger partial charge < -0.3 is 15.4 Å². The van der Waals surface area contributed by atoms with E-state index in [0.29, 0.717) is 13.2 Å². The van der Waals surface area contributed by atoms with Gasteiger partial charge in [-0.05, 0) is 13.8 Å². The molecule has 0 aliphatic carbocycles. The Morgan fingerprint density at radius 1 is 1.45 bits per heavy atom. The molecule has 1 atom stereocenters. The Labute approximate surface area is 155 Å². The SMILES string of the molecule is CCNC(=NCc1nc(C(C)(C)C)cs1)NC(C)COC.I. The maximum absolute atomic E-state index is 5.13. The predicted molar refractivity (Wildman–Crippen MR) is 106 cm³/mol. The molecule has 5 nitrogen and oxygen atoms in total. The van der Waals surface area contributed by atoms with E-state index in [4.69, 9.17) is 4.74 Å². The van der Waals surface area contributed by atoms with E-state index < -0.39 is 0 Å². The first-order valence-corrected chi connectivity index (χ1v) is 8.23. The topological polar surface area (TPSA) is 58.5 Å². The average Bonchev–Trinajstić information content (AvgIpc) is 2.85. The van der Waals surface area contributed by atoms with Crippen molar-refractivity contribution in [3.05, 3.63) is 16.1 Å². The molecule has 0 fully saturated rings. The number of guanidine groups is 1. The van der Waals surface area contributed by atoms with Crippen molar-refractivity contribution < 1.29 is 4.74 Å². The van der Waals surface area contributed by atoms with Crippen LogP contribution in [0.3, 0.4) is 0 Å². The Kier molecular flexibility index (Phi) is 10.2. The normalized spacial score (nSPS) is 13.5. The lowest BCUT2D eigenvalue weighted by Crippen LogP contribution is -2.43. The molecular formula is C15H29IN4OS. The summed E-state index contributed by atoms with van der Waals surface area (Å²) in [6.07, 6.45) is 0. The van der Waals surface area contributed by atoms with Gasteiger partial charge in [-0.2, -0.15) is 0 Å². The van der Waals surface area contributed by atoms with Gasteiger partial charge in [-0.15, -0.1) is 35.3 Å². The van der Waals surface area contributed by atoms with E-state index in [1.54, 1.807) is 18.4 Å². The van der Waals surface area contributed by atoms with Crippen molar-refractivity contribution in [1.29, 1.82) is 0 Å². The van der Waals surface area contributed by atoms with Gasteiger partial charge in [0.05, 0.1) is 18.8 Å². The second-order valence-electron chi connectivity index (χ2n) is 6.07. The van der Waals surface area contributed by atoms with Crippen molar-refractivity contribution >= 4 is 41.3 Å². The quantitative estimate of drug-likeness (QED) is 0.406. The highest BCUT2D eigenvalue weighted by Gasteiger charge is 2.17. The number of ether oxygens (including phenoxy) is 1. The fraction of sp³-hybridized carbons (Fsp3) is 0.733. The van der Waals surface area contributed by atoms with Crippen LogP contribution in [0.15, 0.2) is 10.4 Å². The van der Waals surface area contributed by atoms with Crippen LogP contribution in [-0.2, 0) is 16.7 Å². The average molecular weight is 440 g/mol. The van der Waals surface area contributed by atoms with Crippen molar-refractivity contribution in [3.8, 4) is 0 Å². The lowest BCUT2D eigenvalue weighted by molar-refractivity contribution is 0.179. The van der Waals surface area contributed by atoms with Gasteiger partial charge in [0.1, 0.15) is 5.01 Å². The van der Waals surface area contributed by atoms with E-state index in [0.717, 1.165) is 23.2 Å². The van der Waals surface area contributed by atoms with Crippen LogP contribution in [0.2, 0.25) is 0 Å². The molecule has 0 aliphatic heterocycles. The van der Waals surface area contributed by atoms with E-state index in [1.807, 2.05) is 0 Å². The maximum Gasteiger partial charge on any atom is 0.191 e. The molecule has 1 unspecified atom stereocenters. The molecule has 1 aromatic rings. The van der Waals surface area contributed by atoms with Crippen LogP contribution < -0.4 is 10.6 Å². The van der Waals surface area contributed by atoms with Gasteiger partial charge in [0.2, 0.25) is 0 Å². The second-order valence-corrected chi connectivity index (χ2v) is 7.02. The van der Waals surface area contributed by atoms with Crippen molar-refractivity contribution in [2.75, 3.05) is 20.3 Å². The minimum Gasteiger partial charge on any atom is -0.383 e. The molecule has 0 saturated heterocycles. The highest BCUT2D eigenvalue weighted by atomic mass is 127. The monoisotopic (exact) mass is 440 g/mol. The molecule has 0 radical (unpaired) electrons. The summed E-state index contributed by atoms with van der Waals surface area (Å²) in [6.45, 7) is 12.7. The van der Waals surface area contributed by atoms with Crippen molar-refractivity contribution in [2.24, 2.45) is 4.99 Å². The van der Waals surface area contributed by atoms with Crippen LogP contribution in [0.25, 0.3) is 0 Å². The lowest BCUT2D eigenvalue weighted by atomic mass is 9.93. The molecular weight excluding hydrogens is 411 g/mol. The Bertz CT molecular complexity index is 457. The Morgan fingerprint density at radius 2 is 2.14 bits per heavy atom. The molecule has 1 rings (SSSR count). The second kappa shape index (κ2) is 10.4. The largest absolute Gasteiger partial charge is 0.383 e. The van der Waals surface area contributed by atoms with Gasteiger partial charge in [-0.25, -0.2) is 9.98 Å². The van der Waals surface area contributed by atoms with Gasteiger partial charge in [0.25, 0.3) is 0 Å². The first-order chi connectivity index (χ1) is 9.86. The zero-order valence-corrected chi connectivity index (χ0v) is 17.5. The predicted octanol–water partition coefficient (Wildman–Crippen LogP) is 3.15. The minimum atomic E-state index is 0. The van der Waals surface area contributed by atoms with Crippen LogP contribution >= 0.6 is 35.3 Å². The number of aromatic nitrogens is 1. The van der Waals surface area contributed by atoms with E-state index >= 15 is 0 Å². The molecule has 0 spiro atoms. The van der Waals surface area contributed by atoms with E-state index in [-0.39, 0.29) is 35.4 Å². The fourth-order valence-corrected chi connectivity index (χ4v) is 2.66. The molecule has 0 bridgehead atoms. The number of nitrogens with one attached hydrogen (secondary N) is 2. The number of nitrogens with zero attached hydrogens (tertiary/aromatic N) is 2. The van der Waals surface area contributed by atoms with Gasteiger partial charge in [0, 0.05) is 30.5 Å². The summed E-state index contributed by atoms with van der Waals surface area (Å²) in [5.74, 6) is 0.801. The molecule has 0 amide bonds. The molecule has 1 heterocycles. The summed E-state index contributed by atoms with van der Waals surface area (Å²) in [5, 5.41) is 9.72. The molecule has 22 heavy (non-hydrogen) atoms. The fourth-order valence-electron chi connectivity index (χ4n) is 1.72. The summed E-state index contributed by atoms with van der Waals surface area (Å²) in [4.78, 5) is 9.25. The standard InChI is InChI=1S/C15H28N4OS.HI/c1-7-16-14(18-11(2)9-20-6)17-8-13-19-12(10-21-13)15(3,4)5;/h10-11H,7-9H2,1-6H3,(H2,16,17,18);1H. The van der Waals surface area contributed by atoms with Crippen LogP contribution in [0.1, 0.15) is 45.3 Å². The summed E-state index contributed by atoms with van der Waals surface area (Å²) in [5.41, 5.74) is 1.22. The van der Waals surface area contributed by atoms with Crippen LogP contribution in [0.5, 0.6) is 0 Å². The number of aliphatic imine (C=N–C) groups is 1.